The van der Waals surface area contributed by atoms with E-state index in [9.17, 15) is 14.4 Å². The minimum absolute atomic E-state index is 0.542. The molecule has 6 nitrogen and oxygen atoms in total. The van der Waals surface area contributed by atoms with Crippen molar-refractivity contribution in [2.24, 2.45) is 5.41 Å². The fraction of sp³-hybridized carbons (Fsp3) is 0.400. The topological polar surface area (TPSA) is 112 Å². The van der Waals surface area contributed by atoms with E-state index >= 15 is 0 Å². The van der Waals surface area contributed by atoms with Gasteiger partial charge in [0.25, 0.3) is 0 Å². The zero-order valence-corrected chi connectivity index (χ0v) is 13.1. The highest BCUT2D eigenvalue weighted by Gasteiger charge is 2.03. The molecule has 0 bridgehead atoms. The average molecular weight is 302 g/mol. The Balaban J connectivity index is -0.0000000921. The van der Waals surface area contributed by atoms with Crippen LogP contribution in [0.4, 0.5) is 0 Å². The van der Waals surface area contributed by atoms with Crippen molar-refractivity contribution in [1.82, 2.24) is 0 Å². The summed E-state index contributed by atoms with van der Waals surface area (Å²) >= 11 is 0. The highest BCUT2D eigenvalue weighted by atomic mass is 16.4. The lowest BCUT2D eigenvalue weighted by Gasteiger charge is -2.12. The van der Waals surface area contributed by atoms with Crippen LogP contribution in [0.3, 0.4) is 0 Å². The molecule has 0 heterocycles. The highest BCUT2D eigenvalue weighted by molar-refractivity contribution is 5.79. The number of carboxylic acid groups (broad SMARTS) is 3. The summed E-state index contributed by atoms with van der Waals surface area (Å²) in [5.41, 5.74) is 0.542. The lowest BCUT2D eigenvalue weighted by atomic mass is 9.94. The molecular formula is C15H26O6. The minimum Gasteiger partial charge on any atom is -0.478 e. The van der Waals surface area contributed by atoms with Gasteiger partial charge in [-0.3, -0.25) is 0 Å². The van der Waals surface area contributed by atoms with Crippen molar-refractivity contribution < 1.29 is 29.7 Å². The molecule has 0 unspecified atom stereocenters. The molecule has 0 aromatic heterocycles. The Kier molecular flexibility index (Phi) is 22.7. The summed E-state index contributed by atoms with van der Waals surface area (Å²) < 4.78 is 0. The van der Waals surface area contributed by atoms with Gasteiger partial charge in [-0.15, -0.1) is 0 Å². The molecule has 0 atom stereocenters. The largest absolute Gasteiger partial charge is 0.478 e. The molecule has 6 heteroatoms. The predicted molar refractivity (Wildman–Crippen MR) is 83.2 cm³/mol. The van der Waals surface area contributed by atoms with Gasteiger partial charge in [0.05, 0.1) is 0 Å². The van der Waals surface area contributed by atoms with Gasteiger partial charge in [0.1, 0.15) is 0 Å². The fourth-order valence-electron chi connectivity index (χ4n) is 0. The van der Waals surface area contributed by atoms with Crippen LogP contribution < -0.4 is 0 Å². The van der Waals surface area contributed by atoms with E-state index in [1.807, 2.05) is 0 Å². The molecule has 0 saturated carbocycles. The second-order valence-corrected chi connectivity index (χ2v) is 4.54. The lowest BCUT2D eigenvalue weighted by molar-refractivity contribution is -0.132. The quantitative estimate of drug-likeness (QED) is 0.690. The van der Waals surface area contributed by atoms with Crippen LogP contribution >= 0.6 is 0 Å². The third kappa shape index (κ3) is 98.0. The van der Waals surface area contributed by atoms with Gasteiger partial charge in [0.15, 0.2) is 0 Å². The van der Waals surface area contributed by atoms with E-state index in [0.717, 1.165) is 18.2 Å². The predicted octanol–water partition coefficient (Wildman–Crippen LogP) is 3.21. The summed E-state index contributed by atoms with van der Waals surface area (Å²) in [6.45, 7) is 17.8. The third-order valence-electron chi connectivity index (χ3n) is 1.58. The fourth-order valence-corrected chi connectivity index (χ4v) is 0. The molecule has 0 radical (unpaired) electrons. The molecule has 0 rings (SSSR count). The van der Waals surface area contributed by atoms with Crippen LogP contribution in [0.2, 0.25) is 0 Å². The molecule has 0 spiro atoms. The number of carboxylic acids is 3. The van der Waals surface area contributed by atoms with Gasteiger partial charge in [0.2, 0.25) is 0 Å². The Morgan fingerprint density at radius 2 is 0.905 bits per heavy atom. The molecule has 0 aliphatic heterocycles. The first-order valence-electron chi connectivity index (χ1n) is 5.93. The molecule has 0 aromatic rings. The Morgan fingerprint density at radius 1 is 0.810 bits per heavy atom. The van der Waals surface area contributed by atoms with E-state index in [0.29, 0.717) is 5.41 Å². The van der Waals surface area contributed by atoms with E-state index in [1.54, 1.807) is 0 Å². The highest BCUT2D eigenvalue weighted by Crippen LogP contribution is 2.16. The molecule has 0 aliphatic rings. The molecule has 0 aliphatic carbocycles. The molecule has 21 heavy (non-hydrogen) atoms. The average Bonchev–Trinajstić information content (AvgIpc) is 2.39. The molecule has 3 N–H and O–H groups in total. The number of rotatable bonds is 3. The molecule has 0 saturated heterocycles. The van der Waals surface area contributed by atoms with E-state index < -0.39 is 17.9 Å². The molecule has 122 valence electrons. The summed E-state index contributed by atoms with van der Waals surface area (Å²) in [5.74, 6) is -2.94. The zero-order chi connectivity index (χ0) is 18.1. The maximum atomic E-state index is 9.25. The SMILES string of the molecule is C=CC(=O)O.C=CC(=O)O.C=CC(=O)O.CCC(C)(C)C. The van der Waals surface area contributed by atoms with Crippen LogP contribution in [0.5, 0.6) is 0 Å². The Hall–Kier alpha value is -2.37. The van der Waals surface area contributed by atoms with Gasteiger partial charge in [-0.25, -0.2) is 14.4 Å². The van der Waals surface area contributed by atoms with Crippen molar-refractivity contribution in [3.8, 4) is 0 Å². The maximum Gasteiger partial charge on any atom is 0.327 e. The molecule has 0 amide bonds. The van der Waals surface area contributed by atoms with Crippen LogP contribution in [0.1, 0.15) is 34.1 Å². The monoisotopic (exact) mass is 302 g/mol. The number of aliphatic carboxylic acids is 3. The zero-order valence-electron chi connectivity index (χ0n) is 13.1. The first-order valence-corrected chi connectivity index (χ1v) is 5.93. The van der Waals surface area contributed by atoms with E-state index in [4.69, 9.17) is 15.3 Å². The van der Waals surface area contributed by atoms with Crippen LogP contribution in [0.15, 0.2) is 38.0 Å². The van der Waals surface area contributed by atoms with Gasteiger partial charge in [-0.05, 0) is 5.41 Å². The second kappa shape index (κ2) is 17.6. The Morgan fingerprint density at radius 3 is 0.905 bits per heavy atom. The summed E-state index contributed by atoms with van der Waals surface area (Å²) in [6, 6.07) is 0. The number of hydrogen-bond acceptors (Lipinski definition) is 3. The Bertz CT molecular complexity index is 294. The molecular weight excluding hydrogens is 276 g/mol. The van der Waals surface area contributed by atoms with Crippen LogP contribution in [0.25, 0.3) is 0 Å². The smallest absolute Gasteiger partial charge is 0.327 e. The van der Waals surface area contributed by atoms with Crippen molar-refractivity contribution in [2.75, 3.05) is 0 Å². The summed E-state index contributed by atoms with van der Waals surface area (Å²) in [7, 11) is 0. The third-order valence-corrected chi connectivity index (χ3v) is 1.58. The van der Waals surface area contributed by atoms with Crippen molar-refractivity contribution in [3.63, 3.8) is 0 Å². The molecule has 0 fully saturated rings. The van der Waals surface area contributed by atoms with E-state index in [1.165, 1.54) is 6.42 Å². The van der Waals surface area contributed by atoms with Gasteiger partial charge >= 0.3 is 17.9 Å². The maximum absolute atomic E-state index is 9.25. The number of hydrogen-bond donors (Lipinski definition) is 3. The number of carbonyl (C=O) groups is 3. The molecule has 0 aromatic carbocycles. The van der Waals surface area contributed by atoms with Crippen LogP contribution in [-0.4, -0.2) is 33.2 Å². The second-order valence-electron chi connectivity index (χ2n) is 4.54. The van der Waals surface area contributed by atoms with Gasteiger partial charge in [-0.1, -0.05) is 53.9 Å². The van der Waals surface area contributed by atoms with Crippen molar-refractivity contribution >= 4 is 17.9 Å². The first-order chi connectivity index (χ1) is 9.37. The van der Waals surface area contributed by atoms with Crippen molar-refractivity contribution in [3.05, 3.63) is 38.0 Å². The standard InChI is InChI=1S/C6H14.3C3H4O2/c1-5-6(2,3)4;3*1-2-3(4)5/h5H2,1-4H3;3*2H,1H2,(H,4,5). The van der Waals surface area contributed by atoms with Gasteiger partial charge in [-0.2, -0.15) is 0 Å². The van der Waals surface area contributed by atoms with Gasteiger partial charge < -0.3 is 15.3 Å². The summed E-state index contributed by atoms with van der Waals surface area (Å²) in [6.07, 6.45) is 3.77. The van der Waals surface area contributed by atoms with Crippen molar-refractivity contribution in [1.29, 1.82) is 0 Å². The van der Waals surface area contributed by atoms with Crippen molar-refractivity contribution in [2.45, 2.75) is 34.1 Å². The van der Waals surface area contributed by atoms with Gasteiger partial charge in [0, 0.05) is 18.2 Å². The van der Waals surface area contributed by atoms with Crippen LogP contribution in [0, 0.1) is 5.41 Å². The van der Waals surface area contributed by atoms with E-state index in [2.05, 4.69) is 47.4 Å². The summed E-state index contributed by atoms with van der Waals surface area (Å²) in [4.78, 5) is 27.8. The minimum atomic E-state index is -0.981. The lowest BCUT2D eigenvalue weighted by Crippen LogP contribution is -2.00. The normalized spacial score (nSPS) is 8.00. The Labute approximate surface area is 126 Å². The van der Waals surface area contributed by atoms with Crippen LogP contribution in [-0.2, 0) is 14.4 Å². The summed E-state index contributed by atoms with van der Waals surface area (Å²) in [5, 5.41) is 22.8. The first kappa shape index (κ1) is 27.1. The van der Waals surface area contributed by atoms with E-state index in [-0.39, 0.29) is 0 Å².